The van der Waals surface area contributed by atoms with Crippen molar-refractivity contribution in [3.8, 4) is 5.75 Å². The van der Waals surface area contributed by atoms with Crippen molar-refractivity contribution in [2.75, 3.05) is 12.1 Å². The van der Waals surface area contributed by atoms with E-state index in [2.05, 4.69) is 69.7 Å². The number of methoxy groups -OCH3 is 1. The summed E-state index contributed by atoms with van der Waals surface area (Å²) < 4.78 is 5.28. The quantitative estimate of drug-likeness (QED) is 0.737. The molecule has 0 bridgehead atoms. The van der Waals surface area contributed by atoms with Crippen LogP contribution in [-0.2, 0) is 0 Å². The van der Waals surface area contributed by atoms with Crippen molar-refractivity contribution >= 4 is 22.7 Å². The third-order valence-corrected chi connectivity index (χ3v) is 4.85. The summed E-state index contributed by atoms with van der Waals surface area (Å²) >= 11 is 1.71. The van der Waals surface area contributed by atoms with Crippen molar-refractivity contribution in [3.05, 3.63) is 88.6 Å². The van der Waals surface area contributed by atoms with Gasteiger partial charge in [-0.05, 0) is 47.4 Å². The Morgan fingerprint density at radius 1 is 1.00 bits per heavy atom. The Labute approximate surface area is 145 Å². The molecular formula is C20H18N2OS. The number of benzene rings is 2. The van der Waals surface area contributed by atoms with Crippen LogP contribution < -0.4 is 15.2 Å². The zero-order valence-corrected chi connectivity index (χ0v) is 14.2. The highest BCUT2D eigenvalue weighted by atomic mass is 32.1. The fourth-order valence-corrected chi connectivity index (χ4v) is 3.56. The number of hydrogen-bond acceptors (Lipinski definition) is 4. The van der Waals surface area contributed by atoms with Crippen LogP contribution in [0, 0.1) is 0 Å². The lowest BCUT2D eigenvalue weighted by Gasteiger charge is -2.27. The number of hydrogen-bond donors (Lipinski definition) is 1. The van der Waals surface area contributed by atoms with E-state index in [9.17, 15) is 0 Å². The largest absolute Gasteiger partial charge is 0.497 e. The average Bonchev–Trinajstić information content (AvgIpc) is 3.32. The summed E-state index contributed by atoms with van der Waals surface area (Å²) in [5.41, 5.74) is 8.27. The molecule has 0 spiro atoms. The molecule has 1 aliphatic heterocycles. The van der Waals surface area contributed by atoms with Crippen LogP contribution in [0.3, 0.4) is 0 Å². The Balaban J connectivity index is 1.72. The predicted octanol–water partition coefficient (Wildman–Crippen LogP) is 4.86. The third-order valence-electron chi connectivity index (χ3n) is 4.17. The first-order chi connectivity index (χ1) is 11.8. The van der Waals surface area contributed by atoms with E-state index >= 15 is 0 Å². The number of thiophene rings is 1. The van der Waals surface area contributed by atoms with Gasteiger partial charge in [0.25, 0.3) is 0 Å². The van der Waals surface area contributed by atoms with Gasteiger partial charge in [0.1, 0.15) is 5.75 Å². The van der Waals surface area contributed by atoms with Crippen molar-refractivity contribution in [1.82, 2.24) is 5.43 Å². The number of para-hydroxylation sites is 1. The molecule has 1 unspecified atom stereocenters. The van der Waals surface area contributed by atoms with Gasteiger partial charge < -0.3 is 4.74 Å². The predicted molar refractivity (Wildman–Crippen MR) is 100 cm³/mol. The lowest BCUT2D eigenvalue weighted by Crippen LogP contribution is -2.33. The number of nitrogens with one attached hydrogen (secondary N) is 1. The maximum absolute atomic E-state index is 5.28. The van der Waals surface area contributed by atoms with Crippen molar-refractivity contribution in [1.29, 1.82) is 0 Å². The highest BCUT2D eigenvalue weighted by molar-refractivity contribution is 7.08. The molecule has 0 saturated carbocycles. The second kappa shape index (κ2) is 6.42. The molecule has 24 heavy (non-hydrogen) atoms. The molecule has 3 aromatic rings. The number of ether oxygens (including phenoxy) is 1. The second-order valence-corrected chi connectivity index (χ2v) is 6.41. The maximum Gasteiger partial charge on any atom is 0.118 e. The average molecular weight is 334 g/mol. The molecule has 1 N–H and O–H groups in total. The molecule has 0 amide bonds. The highest BCUT2D eigenvalue weighted by Gasteiger charge is 2.27. The molecule has 1 aliphatic rings. The van der Waals surface area contributed by atoms with E-state index < -0.39 is 0 Å². The molecule has 2 aromatic carbocycles. The molecule has 2 heterocycles. The van der Waals surface area contributed by atoms with Crippen LogP contribution >= 0.6 is 11.3 Å². The molecule has 4 rings (SSSR count). The lowest BCUT2D eigenvalue weighted by molar-refractivity contribution is 0.414. The Morgan fingerprint density at radius 2 is 1.79 bits per heavy atom. The van der Waals surface area contributed by atoms with Gasteiger partial charge in [0, 0.05) is 10.9 Å². The standard InChI is InChI=1S/C20H18N2OS/c1-23-18-9-7-15(8-10-18)20-13-19(16-11-12-24-14-16)21-22(20)17-5-3-2-4-6-17/h2-14,20-21H,1H3. The van der Waals surface area contributed by atoms with Crippen molar-refractivity contribution < 1.29 is 4.74 Å². The maximum atomic E-state index is 5.28. The zero-order valence-electron chi connectivity index (χ0n) is 13.3. The first-order valence-corrected chi connectivity index (χ1v) is 8.79. The minimum Gasteiger partial charge on any atom is -0.497 e. The van der Waals surface area contributed by atoms with Gasteiger partial charge in [0.15, 0.2) is 0 Å². The molecule has 0 radical (unpaired) electrons. The van der Waals surface area contributed by atoms with E-state index in [4.69, 9.17) is 4.74 Å². The molecule has 0 fully saturated rings. The lowest BCUT2D eigenvalue weighted by atomic mass is 10.0. The van der Waals surface area contributed by atoms with E-state index in [0.717, 1.165) is 17.1 Å². The monoisotopic (exact) mass is 334 g/mol. The summed E-state index contributed by atoms with van der Waals surface area (Å²) in [6.07, 6.45) is 2.27. The first-order valence-electron chi connectivity index (χ1n) is 7.84. The van der Waals surface area contributed by atoms with E-state index in [1.807, 2.05) is 18.2 Å². The minimum atomic E-state index is 0.133. The molecule has 120 valence electrons. The van der Waals surface area contributed by atoms with Crippen LogP contribution in [0.25, 0.3) is 5.70 Å². The van der Waals surface area contributed by atoms with Crippen LogP contribution in [0.5, 0.6) is 5.75 Å². The van der Waals surface area contributed by atoms with E-state index in [-0.39, 0.29) is 6.04 Å². The van der Waals surface area contributed by atoms with Crippen LogP contribution in [0.2, 0.25) is 0 Å². The number of hydrazine groups is 1. The van der Waals surface area contributed by atoms with Gasteiger partial charge >= 0.3 is 0 Å². The van der Waals surface area contributed by atoms with Gasteiger partial charge in [-0.1, -0.05) is 30.3 Å². The number of anilines is 1. The van der Waals surface area contributed by atoms with Crippen LogP contribution in [-0.4, -0.2) is 7.11 Å². The van der Waals surface area contributed by atoms with Gasteiger partial charge in [-0.15, -0.1) is 0 Å². The fraction of sp³-hybridized carbons (Fsp3) is 0.100. The van der Waals surface area contributed by atoms with Crippen LogP contribution in [0.4, 0.5) is 5.69 Å². The summed E-state index contributed by atoms with van der Waals surface area (Å²) in [5.74, 6) is 0.873. The summed E-state index contributed by atoms with van der Waals surface area (Å²) in [7, 11) is 1.69. The van der Waals surface area contributed by atoms with E-state index in [1.54, 1.807) is 18.4 Å². The van der Waals surface area contributed by atoms with Crippen molar-refractivity contribution in [2.24, 2.45) is 0 Å². The van der Waals surface area contributed by atoms with Crippen LogP contribution in [0.15, 0.2) is 77.5 Å². The van der Waals surface area contributed by atoms with E-state index in [0.29, 0.717) is 0 Å². The second-order valence-electron chi connectivity index (χ2n) is 5.63. The summed E-state index contributed by atoms with van der Waals surface area (Å²) in [6.45, 7) is 0. The van der Waals surface area contributed by atoms with Crippen molar-refractivity contribution in [3.63, 3.8) is 0 Å². The molecule has 0 saturated heterocycles. The van der Waals surface area contributed by atoms with Gasteiger partial charge in [-0.2, -0.15) is 11.3 Å². The van der Waals surface area contributed by atoms with Gasteiger partial charge in [0.2, 0.25) is 0 Å². The molecule has 4 heteroatoms. The topological polar surface area (TPSA) is 24.5 Å². The first kappa shape index (κ1) is 14.8. The third kappa shape index (κ3) is 2.76. The Hall–Kier alpha value is -2.72. The fourth-order valence-electron chi connectivity index (χ4n) is 2.91. The van der Waals surface area contributed by atoms with Crippen molar-refractivity contribution in [2.45, 2.75) is 6.04 Å². The Bertz CT molecular complexity index is 826. The smallest absolute Gasteiger partial charge is 0.118 e. The summed E-state index contributed by atoms with van der Waals surface area (Å²) in [6, 6.07) is 20.9. The molecular weight excluding hydrogens is 316 g/mol. The Kier molecular flexibility index (Phi) is 3.97. The normalized spacial score (nSPS) is 16.6. The minimum absolute atomic E-state index is 0.133. The highest BCUT2D eigenvalue weighted by Crippen LogP contribution is 2.35. The van der Waals surface area contributed by atoms with Crippen LogP contribution in [0.1, 0.15) is 17.2 Å². The van der Waals surface area contributed by atoms with Gasteiger partial charge in [0.05, 0.1) is 24.5 Å². The zero-order chi connectivity index (χ0) is 16.4. The number of rotatable bonds is 4. The molecule has 1 atom stereocenters. The van der Waals surface area contributed by atoms with E-state index in [1.165, 1.54) is 11.1 Å². The molecule has 3 nitrogen and oxygen atoms in total. The SMILES string of the molecule is COc1ccc(C2C=C(c3ccsc3)NN2c2ccccc2)cc1. The number of nitrogens with zero attached hydrogens (tertiary/aromatic N) is 1. The Morgan fingerprint density at radius 3 is 2.46 bits per heavy atom. The summed E-state index contributed by atoms with van der Waals surface area (Å²) in [5, 5.41) is 6.47. The van der Waals surface area contributed by atoms with Gasteiger partial charge in [-0.25, -0.2) is 0 Å². The summed E-state index contributed by atoms with van der Waals surface area (Å²) in [4.78, 5) is 0. The van der Waals surface area contributed by atoms with Gasteiger partial charge in [-0.3, -0.25) is 10.4 Å². The molecule has 0 aliphatic carbocycles. The molecule has 1 aromatic heterocycles.